The lowest BCUT2D eigenvalue weighted by molar-refractivity contribution is 0.248. The molecule has 1 aliphatic heterocycles. The monoisotopic (exact) mass is 301 g/mol. The lowest BCUT2D eigenvalue weighted by Gasteiger charge is -2.16. The van der Waals surface area contributed by atoms with Gasteiger partial charge in [-0.3, -0.25) is 0 Å². The molecule has 1 saturated carbocycles. The first-order valence-electron chi connectivity index (χ1n) is 7.67. The molecule has 1 aromatic rings. The smallest absolute Gasteiger partial charge is 0.345 e. The molecule has 1 N–H and O–H groups in total. The van der Waals surface area contributed by atoms with Gasteiger partial charge in [0.15, 0.2) is 11.5 Å². The third-order valence-corrected chi connectivity index (χ3v) is 4.06. The summed E-state index contributed by atoms with van der Waals surface area (Å²) in [5.74, 6) is 2.52. The van der Waals surface area contributed by atoms with Crippen LogP contribution in [0, 0.1) is 5.92 Å². The van der Waals surface area contributed by atoms with Crippen LogP contribution in [0.2, 0.25) is 0 Å². The van der Waals surface area contributed by atoms with Crippen LogP contribution in [0.4, 0.5) is 4.79 Å². The summed E-state index contributed by atoms with van der Waals surface area (Å²) in [7, 11) is 1.66. The van der Waals surface area contributed by atoms with E-state index in [1.165, 1.54) is 12.8 Å². The van der Waals surface area contributed by atoms with Crippen molar-refractivity contribution in [3.63, 3.8) is 0 Å². The molecule has 3 rings (SSSR count). The fraction of sp³-hybridized carbons (Fsp3) is 0.471. The van der Waals surface area contributed by atoms with Crippen molar-refractivity contribution < 1.29 is 14.3 Å². The Labute approximate surface area is 130 Å². The molecule has 1 atom stereocenters. The summed E-state index contributed by atoms with van der Waals surface area (Å²) >= 11 is 0. The van der Waals surface area contributed by atoms with Gasteiger partial charge in [-0.25, -0.2) is 4.79 Å². The third-order valence-electron chi connectivity index (χ3n) is 4.06. The van der Waals surface area contributed by atoms with Crippen LogP contribution >= 0.6 is 0 Å². The van der Waals surface area contributed by atoms with Crippen molar-refractivity contribution in [2.45, 2.75) is 32.1 Å². The first kappa shape index (κ1) is 14.8. The first-order chi connectivity index (χ1) is 10.7. The highest BCUT2D eigenvalue weighted by Gasteiger charge is 2.23. The summed E-state index contributed by atoms with van der Waals surface area (Å²) in [6.07, 6.45) is 4.86. The van der Waals surface area contributed by atoms with Crippen molar-refractivity contribution in [3.05, 3.63) is 35.7 Å². The van der Waals surface area contributed by atoms with Crippen molar-refractivity contribution in [1.29, 1.82) is 0 Å². The highest BCUT2D eigenvalue weighted by atomic mass is 16.5. The van der Waals surface area contributed by atoms with E-state index < -0.39 is 0 Å². The quantitative estimate of drug-likeness (QED) is 0.841. The second-order valence-corrected chi connectivity index (χ2v) is 5.98. The fourth-order valence-corrected chi connectivity index (χ4v) is 2.49. The van der Waals surface area contributed by atoms with E-state index in [1.807, 2.05) is 18.2 Å². The van der Waals surface area contributed by atoms with Gasteiger partial charge in [0.25, 0.3) is 0 Å². The molecule has 1 radical (unpaired) electrons. The Morgan fingerprint density at radius 2 is 2.18 bits per heavy atom. The Morgan fingerprint density at radius 1 is 1.36 bits per heavy atom. The summed E-state index contributed by atoms with van der Waals surface area (Å²) in [5.41, 5.74) is 2.02. The normalized spacial score (nSPS) is 18.3. The topological polar surface area (TPSA) is 61.7 Å². The number of nitrogens with zero attached hydrogens (tertiary/aromatic N) is 1. The second-order valence-electron chi connectivity index (χ2n) is 5.98. The molecule has 1 fully saturated rings. The van der Waals surface area contributed by atoms with Gasteiger partial charge in [-0.2, -0.15) is 5.32 Å². The molecule has 117 valence electrons. The molecule has 0 bridgehead atoms. The highest BCUT2D eigenvalue weighted by molar-refractivity contribution is 5.79. The van der Waals surface area contributed by atoms with E-state index in [9.17, 15) is 4.79 Å². The number of rotatable bonds is 7. The van der Waals surface area contributed by atoms with E-state index in [0.717, 1.165) is 35.8 Å². The fourth-order valence-electron chi connectivity index (χ4n) is 2.49. The molecule has 0 saturated heterocycles. The predicted octanol–water partition coefficient (Wildman–Crippen LogP) is 3.15. The van der Waals surface area contributed by atoms with Gasteiger partial charge in [0.05, 0.1) is 19.9 Å². The van der Waals surface area contributed by atoms with Crippen LogP contribution in [-0.2, 0) is 0 Å². The minimum atomic E-state index is -0.287. The zero-order valence-electron chi connectivity index (χ0n) is 13.0. The minimum Gasteiger partial charge on any atom is -0.493 e. The van der Waals surface area contributed by atoms with Gasteiger partial charge in [0, 0.05) is 5.70 Å². The van der Waals surface area contributed by atoms with Crippen LogP contribution in [-0.4, -0.2) is 19.7 Å². The van der Waals surface area contributed by atoms with Crippen molar-refractivity contribution in [1.82, 2.24) is 10.6 Å². The zero-order chi connectivity index (χ0) is 15.5. The Hall–Kier alpha value is -2.17. The molecule has 1 aliphatic carbocycles. The van der Waals surface area contributed by atoms with Crippen LogP contribution in [0.15, 0.2) is 30.1 Å². The van der Waals surface area contributed by atoms with Crippen LogP contribution in [0.1, 0.15) is 37.7 Å². The zero-order valence-corrected chi connectivity index (χ0v) is 13.0. The maximum atomic E-state index is 11.1. The molecule has 5 heteroatoms. The van der Waals surface area contributed by atoms with Crippen LogP contribution in [0.3, 0.4) is 0 Å². The van der Waals surface area contributed by atoms with E-state index in [2.05, 4.69) is 17.6 Å². The van der Waals surface area contributed by atoms with E-state index in [-0.39, 0.29) is 11.9 Å². The number of methoxy groups -OCH3 is 1. The number of ether oxygens (including phenoxy) is 2. The summed E-state index contributed by atoms with van der Waals surface area (Å²) in [6, 6.07) is 5.74. The molecule has 22 heavy (non-hydrogen) atoms. The summed E-state index contributed by atoms with van der Waals surface area (Å²) in [4.78, 5) is 11.1. The molecule has 0 spiro atoms. The first-order valence-corrected chi connectivity index (χ1v) is 7.67. The van der Waals surface area contributed by atoms with Gasteiger partial charge < -0.3 is 14.8 Å². The molecule has 2 amide bonds. The van der Waals surface area contributed by atoms with E-state index in [4.69, 9.17) is 9.47 Å². The van der Waals surface area contributed by atoms with Crippen LogP contribution in [0.25, 0.3) is 0 Å². The summed E-state index contributed by atoms with van der Waals surface area (Å²) < 4.78 is 11.3. The molecular formula is C17H21N2O3. The van der Waals surface area contributed by atoms with Gasteiger partial charge in [0.1, 0.15) is 0 Å². The standard InChI is InChI=1S/C17H21N2O3/c1-11(7-14-9-18-17(20)19-14)13-5-6-15(21-2)16(8-13)22-10-12-3-4-12/h5-6,8-9,11-12H,3-4,7,10H2,1-2H3,(H,19,20). The van der Waals surface area contributed by atoms with Crippen molar-refractivity contribution in [3.8, 4) is 11.5 Å². The Morgan fingerprint density at radius 3 is 2.82 bits per heavy atom. The number of allylic oxidation sites excluding steroid dienone is 1. The Kier molecular flexibility index (Phi) is 4.22. The Bertz CT molecular complexity index is 594. The van der Waals surface area contributed by atoms with Gasteiger partial charge in [-0.05, 0) is 48.8 Å². The lowest BCUT2D eigenvalue weighted by atomic mass is 9.96. The number of hydrogen-bond acceptors (Lipinski definition) is 3. The molecule has 5 nitrogen and oxygen atoms in total. The maximum Gasteiger partial charge on any atom is 0.345 e. The number of amides is 2. The highest BCUT2D eigenvalue weighted by Crippen LogP contribution is 2.35. The number of hydrogen-bond donors (Lipinski definition) is 1. The predicted molar refractivity (Wildman–Crippen MR) is 83.0 cm³/mol. The van der Waals surface area contributed by atoms with Crippen molar-refractivity contribution >= 4 is 6.03 Å². The number of urea groups is 1. The van der Waals surface area contributed by atoms with E-state index in [1.54, 1.807) is 13.3 Å². The van der Waals surface area contributed by atoms with Crippen LogP contribution in [0.5, 0.6) is 11.5 Å². The van der Waals surface area contributed by atoms with Gasteiger partial charge in [0.2, 0.25) is 0 Å². The lowest BCUT2D eigenvalue weighted by Crippen LogP contribution is -2.19. The molecule has 0 aromatic heterocycles. The molecular weight excluding hydrogens is 280 g/mol. The third kappa shape index (κ3) is 3.53. The summed E-state index contributed by atoms with van der Waals surface area (Å²) in [5, 5.41) is 6.45. The minimum absolute atomic E-state index is 0.258. The number of benzene rings is 1. The number of nitrogens with one attached hydrogen (secondary N) is 1. The number of carbonyl (C=O) groups is 1. The Balaban J connectivity index is 1.68. The average molecular weight is 301 g/mol. The van der Waals surface area contributed by atoms with Crippen molar-refractivity contribution in [2.24, 2.45) is 5.92 Å². The van der Waals surface area contributed by atoms with Gasteiger partial charge >= 0.3 is 6.03 Å². The van der Waals surface area contributed by atoms with Crippen LogP contribution < -0.4 is 20.1 Å². The number of carbonyl (C=O) groups excluding carboxylic acids is 1. The average Bonchev–Trinajstić information content (AvgIpc) is 3.26. The SMILES string of the molecule is COc1ccc(C(C)CC2=C[N]C(=O)N2)cc1OCC1CC1. The molecule has 1 aromatic carbocycles. The van der Waals surface area contributed by atoms with Gasteiger partial charge in [-0.1, -0.05) is 13.0 Å². The summed E-state index contributed by atoms with van der Waals surface area (Å²) in [6.45, 7) is 2.88. The maximum absolute atomic E-state index is 11.1. The molecule has 1 unspecified atom stereocenters. The molecule has 2 aliphatic rings. The largest absolute Gasteiger partial charge is 0.493 e. The van der Waals surface area contributed by atoms with E-state index >= 15 is 0 Å². The second kappa shape index (κ2) is 6.30. The van der Waals surface area contributed by atoms with E-state index in [0.29, 0.717) is 5.92 Å². The van der Waals surface area contributed by atoms with Gasteiger partial charge in [-0.15, -0.1) is 0 Å². The van der Waals surface area contributed by atoms with Crippen molar-refractivity contribution in [2.75, 3.05) is 13.7 Å². The molecule has 1 heterocycles.